The molecule has 0 saturated heterocycles. The normalized spacial score (nSPS) is 10.7. The molecule has 2 aromatic carbocycles. The van der Waals surface area contributed by atoms with Crippen LogP contribution in [0.3, 0.4) is 0 Å². The van der Waals surface area contributed by atoms with Crippen LogP contribution in [0, 0.1) is 6.92 Å². The van der Waals surface area contributed by atoms with E-state index in [4.69, 9.17) is 5.73 Å². The van der Waals surface area contributed by atoms with E-state index in [1.54, 1.807) is 4.68 Å². The Hall–Kier alpha value is -2.75. The fourth-order valence-electron chi connectivity index (χ4n) is 2.48. The first kappa shape index (κ1) is 13.2. The second kappa shape index (κ2) is 5.32. The standard InChI is InChI=1S/C17H17N3O/c1-13-16(18)17(21)19(12-14-8-4-2-5-9-14)20(13)15-10-6-3-7-11-15/h2-11H,12,18H2,1H3. The highest BCUT2D eigenvalue weighted by atomic mass is 16.1. The fourth-order valence-corrected chi connectivity index (χ4v) is 2.48. The van der Waals surface area contributed by atoms with Gasteiger partial charge in [0.15, 0.2) is 0 Å². The van der Waals surface area contributed by atoms with Crippen LogP contribution >= 0.6 is 0 Å². The van der Waals surface area contributed by atoms with Crippen LogP contribution in [-0.4, -0.2) is 9.36 Å². The molecule has 0 spiro atoms. The van der Waals surface area contributed by atoms with E-state index < -0.39 is 0 Å². The monoisotopic (exact) mass is 279 g/mol. The lowest BCUT2D eigenvalue weighted by Gasteiger charge is -2.13. The summed E-state index contributed by atoms with van der Waals surface area (Å²) < 4.78 is 3.56. The molecule has 0 unspecified atom stereocenters. The van der Waals surface area contributed by atoms with Crippen LogP contribution in [0.5, 0.6) is 0 Å². The predicted molar refractivity (Wildman–Crippen MR) is 84.7 cm³/mol. The van der Waals surface area contributed by atoms with E-state index in [0.717, 1.165) is 16.9 Å². The van der Waals surface area contributed by atoms with Crippen molar-refractivity contribution < 1.29 is 0 Å². The van der Waals surface area contributed by atoms with Crippen molar-refractivity contribution in [3.8, 4) is 5.69 Å². The van der Waals surface area contributed by atoms with E-state index in [0.29, 0.717) is 12.2 Å². The molecule has 0 atom stereocenters. The highest BCUT2D eigenvalue weighted by Gasteiger charge is 2.15. The van der Waals surface area contributed by atoms with Gasteiger partial charge in [-0.05, 0) is 24.6 Å². The number of aromatic nitrogens is 2. The summed E-state index contributed by atoms with van der Waals surface area (Å²) >= 11 is 0. The second-order valence-corrected chi connectivity index (χ2v) is 4.99. The molecular formula is C17H17N3O. The molecule has 0 bridgehead atoms. The minimum Gasteiger partial charge on any atom is -0.393 e. The van der Waals surface area contributed by atoms with Crippen molar-refractivity contribution in [2.45, 2.75) is 13.5 Å². The molecule has 0 aliphatic carbocycles. The van der Waals surface area contributed by atoms with Gasteiger partial charge in [0.2, 0.25) is 0 Å². The highest BCUT2D eigenvalue weighted by Crippen LogP contribution is 2.15. The molecule has 0 radical (unpaired) electrons. The van der Waals surface area contributed by atoms with Gasteiger partial charge in [-0.1, -0.05) is 48.5 Å². The number of anilines is 1. The van der Waals surface area contributed by atoms with E-state index >= 15 is 0 Å². The molecule has 21 heavy (non-hydrogen) atoms. The molecule has 0 aliphatic heterocycles. The maximum atomic E-state index is 12.4. The number of nitrogen functional groups attached to an aromatic ring is 1. The lowest BCUT2D eigenvalue weighted by atomic mass is 10.2. The number of hydrogen-bond donors (Lipinski definition) is 1. The second-order valence-electron chi connectivity index (χ2n) is 4.99. The third-order valence-corrected chi connectivity index (χ3v) is 3.59. The molecule has 2 N–H and O–H groups in total. The van der Waals surface area contributed by atoms with Gasteiger partial charge in [-0.2, -0.15) is 0 Å². The van der Waals surface area contributed by atoms with Gasteiger partial charge in [-0.3, -0.25) is 9.48 Å². The SMILES string of the molecule is Cc1c(N)c(=O)n(Cc2ccccc2)n1-c1ccccc1. The Balaban J connectivity index is 2.16. The lowest BCUT2D eigenvalue weighted by molar-refractivity contribution is 0.577. The summed E-state index contributed by atoms with van der Waals surface area (Å²) in [7, 11) is 0. The number of hydrogen-bond acceptors (Lipinski definition) is 2. The van der Waals surface area contributed by atoms with Crippen LogP contribution in [0.25, 0.3) is 5.69 Å². The van der Waals surface area contributed by atoms with Crippen molar-refractivity contribution in [3.05, 3.63) is 82.3 Å². The Bertz CT molecular complexity index is 801. The molecule has 4 heteroatoms. The van der Waals surface area contributed by atoms with Crippen molar-refractivity contribution in [2.75, 3.05) is 5.73 Å². The molecule has 0 amide bonds. The van der Waals surface area contributed by atoms with E-state index in [-0.39, 0.29) is 5.56 Å². The molecule has 4 nitrogen and oxygen atoms in total. The van der Waals surface area contributed by atoms with Crippen molar-refractivity contribution in [1.82, 2.24) is 9.36 Å². The van der Waals surface area contributed by atoms with Gasteiger partial charge in [-0.15, -0.1) is 0 Å². The number of nitrogens with zero attached hydrogens (tertiary/aromatic N) is 2. The van der Waals surface area contributed by atoms with Crippen LogP contribution in [0.1, 0.15) is 11.3 Å². The smallest absolute Gasteiger partial charge is 0.290 e. The van der Waals surface area contributed by atoms with Gasteiger partial charge in [0.05, 0.1) is 17.9 Å². The minimum absolute atomic E-state index is 0.153. The molecule has 1 heterocycles. The Morgan fingerprint density at radius 2 is 1.52 bits per heavy atom. The van der Waals surface area contributed by atoms with E-state index in [9.17, 15) is 4.79 Å². The van der Waals surface area contributed by atoms with Crippen molar-refractivity contribution in [2.24, 2.45) is 0 Å². The highest BCUT2D eigenvalue weighted by molar-refractivity contribution is 5.46. The Morgan fingerprint density at radius 1 is 0.952 bits per heavy atom. The topological polar surface area (TPSA) is 53.0 Å². The molecule has 0 fully saturated rings. The summed E-state index contributed by atoms with van der Waals surface area (Å²) in [6.45, 7) is 2.36. The first-order valence-electron chi connectivity index (χ1n) is 6.85. The number of nitrogens with two attached hydrogens (primary N) is 1. The van der Waals surface area contributed by atoms with Gasteiger partial charge in [0.1, 0.15) is 5.69 Å². The molecule has 3 aromatic rings. The third-order valence-electron chi connectivity index (χ3n) is 3.59. The van der Waals surface area contributed by atoms with Crippen molar-refractivity contribution in [1.29, 1.82) is 0 Å². The molecule has 3 rings (SSSR count). The molecule has 106 valence electrons. The molecule has 0 saturated carbocycles. The van der Waals surface area contributed by atoms with Crippen LogP contribution < -0.4 is 11.3 Å². The average Bonchev–Trinajstić information content (AvgIpc) is 2.74. The average molecular weight is 279 g/mol. The van der Waals surface area contributed by atoms with Crippen molar-refractivity contribution >= 4 is 5.69 Å². The summed E-state index contributed by atoms with van der Waals surface area (Å²) in [6.07, 6.45) is 0. The maximum Gasteiger partial charge on any atom is 0.290 e. The quantitative estimate of drug-likeness (QED) is 0.801. The summed E-state index contributed by atoms with van der Waals surface area (Å²) in [6, 6.07) is 19.7. The van der Waals surface area contributed by atoms with Gasteiger partial charge in [0.25, 0.3) is 5.56 Å². The van der Waals surface area contributed by atoms with E-state index in [2.05, 4.69) is 0 Å². The van der Waals surface area contributed by atoms with Crippen LogP contribution in [0.4, 0.5) is 5.69 Å². The number of para-hydroxylation sites is 1. The minimum atomic E-state index is -0.153. The summed E-state index contributed by atoms with van der Waals surface area (Å²) in [5.74, 6) is 0. The first-order chi connectivity index (χ1) is 10.2. The van der Waals surface area contributed by atoms with Gasteiger partial charge in [-0.25, -0.2) is 4.68 Å². The van der Waals surface area contributed by atoms with Crippen LogP contribution in [0.2, 0.25) is 0 Å². The first-order valence-corrected chi connectivity index (χ1v) is 6.85. The maximum absolute atomic E-state index is 12.4. The zero-order valence-corrected chi connectivity index (χ0v) is 11.9. The number of benzene rings is 2. The predicted octanol–water partition coefficient (Wildman–Crippen LogP) is 2.58. The largest absolute Gasteiger partial charge is 0.393 e. The van der Waals surface area contributed by atoms with Crippen LogP contribution in [-0.2, 0) is 6.54 Å². The number of rotatable bonds is 3. The summed E-state index contributed by atoms with van der Waals surface area (Å²) in [5.41, 5.74) is 8.85. The third kappa shape index (κ3) is 2.36. The van der Waals surface area contributed by atoms with Gasteiger partial charge < -0.3 is 5.73 Å². The molecular weight excluding hydrogens is 262 g/mol. The summed E-state index contributed by atoms with van der Waals surface area (Å²) in [5, 5.41) is 0. The Morgan fingerprint density at radius 3 is 2.14 bits per heavy atom. The summed E-state index contributed by atoms with van der Waals surface area (Å²) in [4.78, 5) is 12.4. The molecule has 1 aromatic heterocycles. The van der Waals surface area contributed by atoms with E-state index in [1.165, 1.54) is 0 Å². The lowest BCUT2D eigenvalue weighted by Crippen LogP contribution is -2.24. The van der Waals surface area contributed by atoms with Crippen LogP contribution in [0.15, 0.2) is 65.5 Å². The zero-order valence-electron chi connectivity index (χ0n) is 11.9. The molecule has 0 aliphatic rings. The van der Waals surface area contributed by atoms with E-state index in [1.807, 2.05) is 72.3 Å². The fraction of sp³-hybridized carbons (Fsp3) is 0.118. The Labute approximate surface area is 123 Å². The zero-order chi connectivity index (χ0) is 14.8. The van der Waals surface area contributed by atoms with Gasteiger partial charge >= 0.3 is 0 Å². The Kier molecular flexibility index (Phi) is 3.36. The van der Waals surface area contributed by atoms with Crippen molar-refractivity contribution in [3.63, 3.8) is 0 Å². The van der Waals surface area contributed by atoms with Gasteiger partial charge in [0, 0.05) is 0 Å².